The first-order chi connectivity index (χ1) is 15.5. The van der Waals surface area contributed by atoms with Crippen LogP contribution >= 0.6 is 11.6 Å². The van der Waals surface area contributed by atoms with E-state index in [0.29, 0.717) is 18.5 Å². The van der Waals surface area contributed by atoms with Crippen molar-refractivity contribution in [1.82, 2.24) is 14.5 Å². The van der Waals surface area contributed by atoms with Crippen molar-refractivity contribution in [1.29, 1.82) is 0 Å². The van der Waals surface area contributed by atoms with Crippen LogP contribution in [0.25, 0.3) is 16.6 Å². The number of aromatic nitrogens is 2. The van der Waals surface area contributed by atoms with Crippen LogP contribution in [-0.4, -0.2) is 33.6 Å². The third kappa shape index (κ3) is 4.59. The van der Waals surface area contributed by atoms with E-state index in [-0.39, 0.29) is 5.82 Å². The van der Waals surface area contributed by atoms with Crippen molar-refractivity contribution in [2.75, 3.05) is 13.1 Å². The van der Waals surface area contributed by atoms with Gasteiger partial charge in [0.25, 0.3) is 0 Å². The second-order valence-corrected chi connectivity index (χ2v) is 9.44. The summed E-state index contributed by atoms with van der Waals surface area (Å²) >= 11 is 6.73. The number of nitrogens with two attached hydrogens (primary N) is 1. The molecule has 3 aromatic rings. The van der Waals surface area contributed by atoms with Crippen molar-refractivity contribution in [3.63, 3.8) is 0 Å². The molecule has 0 amide bonds. The maximum absolute atomic E-state index is 13.6. The normalized spacial score (nSPS) is 21.5. The molecular formula is C26H28ClFN4. The molecule has 5 rings (SSSR count). The highest BCUT2D eigenvalue weighted by Crippen LogP contribution is 2.33. The second kappa shape index (κ2) is 9.08. The van der Waals surface area contributed by atoms with E-state index in [1.807, 2.05) is 18.5 Å². The molecule has 0 unspecified atom stereocenters. The molecule has 1 fully saturated rings. The fourth-order valence-electron chi connectivity index (χ4n) is 4.86. The molecule has 1 aromatic heterocycles. The van der Waals surface area contributed by atoms with Gasteiger partial charge in [0.05, 0.1) is 22.4 Å². The van der Waals surface area contributed by atoms with Gasteiger partial charge in [-0.1, -0.05) is 35.9 Å². The lowest BCUT2D eigenvalue weighted by molar-refractivity contribution is 0.253. The molecule has 0 atom stereocenters. The molecule has 32 heavy (non-hydrogen) atoms. The minimum Gasteiger partial charge on any atom is -0.372 e. The number of allylic oxidation sites excluding steroid dienone is 2. The first-order valence-electron chi connectivity index (χ1n) is 11.3. The van der Waals surface area contributed by atoms with Crippen molar-refractivity contribution in [2.45, 2.75) is 38.3 Å². The summed E-state index contributed by atoms with van der Waals surface area (Å²) in [4.78, 5) is 6.83. The topological polar surface area (TPSA) is 47.1 Å². The van der Waals surface area contributed by atoms with Gasteiger partial charge in [-0.15, -0.1) is 0 Å². The van der Waals surface area contributed by atoms with E-state index in [4.69, 9.17) is 17.3 Å². The monoisotopic (exact) mass is 450 g/mol. The summed E-state index contributed by atoms with van der Waals surface area (Å²) in [6, 6.07) is 13.3. The minimum atomic E-state index is -0.225. The SMILES string of the molecule is NC1CCC(CN2C=C(Cl)C(c3ccc4ncn(Cc5cccc(F)c5)c4c3)=CC2)CC1. The maximum Gasteiger partial charge on any atom is 0.123 e. The van der Waals surface area contributed by atoms with Crippen molar-refractivity contribution in [3.05, 3.63) is 83.0 Å². The Kier molecular flexibility index (Phi) is 6.03. The van der Waals surface area contributed by atoms with Crippen LogP contribution in [0.4, 0.5) is 4.39 Å². The summed E-state index contributed by atoms with van der Waals surface area (Å²) in [5, 5.41) is 0.763. The van der Waals surface area contributed by atoms with Crippen LogP contribution in [0.2, 0.25) is 0 Å². The van der Waals surface area contributed by atoms with Crippen LogP contribution in [0.15, 0.2) is 66.1 Å². The Morgan fingerprint density at radius 3 is 2.72 bits per heavy atom. The number of rotatable bonds is 5. The lowest BCUT2D eigenvalue weighted by atomic mass is 9.86. The van der Waals surface area contributed by atoms with Crippen LogP contribution < -0.4 is 5.73 Å². The fourth-order valence-corrected chi connectivity index (χ4v) is 5.18. The minimum absolute atomic E-state index is 0.225. The predicted molar refractivity (Wildman–Crippen MR) is 129 cm³/mol. The fraction of sp³-hybridized carbons (Fsp3) is 0.346. The molecule has 6 heteroatoms. The number of nitrogens with zero attached hydrogens (tertiary/aromatic N) is 3. The number of hydrogen-bond donors (Lipinski definition) is 1. The molecule has 4 nitrogen and oxygen atoms in total. The Balaban J connectivity index is 1.33. The van der Waals surface area contributed by atoms with Crippen molar-refractivity contribution >= 4 is 28.2 Å². The lowest BCUT2D eigenvalue weighted by Crippen LogP contribution is -2.33. The molecule has 2 aromatic carbocycles. The van der Waals surface area contributed by atoms with E-state index in [0.717, 1.165) is 58.7 Å². The van der Waals surface area contributed by atoms with E-state index in [1.165, 1.54) is 18.9 Å². The number of fused-ring (bicyclic) bond motifs is 1. The number of halogens is 2. The number of benzene rings is 2. The molecule has 1 saturated carbocycles. The summed E-state index contributed by atoms with van der Waals surface area (Å²) in [6.07, 6.45) is 10.8. The zero-order valence-corrected chi connectivity index (χ0v) is 18.8. The van der Waals surface area contributed by atoms with Gasteiger partial charge in [0, 0.05) is 31.9 Å². The van der Waals surface area contributed by atoms with E-state index < -0.39 is 0 Å². The molecule has 0 saturated heterocycles. The molecule has 0 spiro atoms. The van der Waals surface area contributed by atoms with E-state index >= 15 is 0 Å². The van der Waals surface area contributed by atoms with E-state index in [9.17, 15) is 4.39 Å². The largest absolute Gasteiger partial charge is 0.372 e. The van der Waals surface area contributed by atoms with Gasteiger partial charge in [-0.25, -0.2) is 9.37 Å². The Bertz CT molecular complexity index is 1170. The van der Waals surface area contributed by atoms with Gasteiger partial charge < -0.3 is 15.2 Å². The molecular weight excluding hydrogens is 423 g/mol. The van der Waals surface area contributed by atoms with Crippen LogP contribution in [0.5, 0.6) is 0 Å². The Morgan fingerprint density at radius 2 is 1.94 bits per heavy atom. The summed E-state index contributed by atoms with van der Waals surface area (Å²) in [5.74, 6) is 0.469. The van der Waals surface area contributed by atoms with Crippen molar-refractivity contribution < 1.29 is 4.39 Å². The smallest absolute Gasteiger partial charge is 0.123 e. The Labute approximate surface area is 193 Å². The molecule has 166 valence electrons. The third-order valence-electron chi connectivity index (χ3n) is 6.64. The first kappa shape index (κ1) is 21.2. The molecule has 2 N–H and O–H groups in total. The van der Waals surface area contributed by atoms with Gasteiger partial charge in [0.1, 0.15) is 5.82 Å². The average molecular weight is 451 g/mol. The number of imidazole rings is 1. The van der Waals surface area contributed by atoms with Crippen LogP contribution in [0, 0.1) is 11.7 Å². The number of hydrogen-bond acceptors (Lipinski definition) is 3. The first-order valence-corrected chi connectivity index (χ1v) is 11.7. The zero-order chi connectivity index (χ0) is 22.1. The molecule has 1 aliphatic carbocycles. The predicted octanol–water partition coefficient (Wildman–Crippen LogP) is 5.52. The molecule has 0 radical (unpaired) electrons. The van der Waals surface area contributed by atoms with Gasteiger partial charge in [0.2, 0.25) is 0 Å². The average Bonchev–Trinajstić information content (AvgIpc) is 3.17. The van der Waals surface area contributed by atoms with Gasteiger partial charge >= 0.3 is 0 Å². The van der Waals surface area contributed by atoms with Crippen LogP contribution in [0.3, 0.4) is 0 Å². The van der Waals surface area contributed by atoms with Gasteiger partial charge in [-0.3, -0.25) is 0 Å². The molecule has 2 aliphatic rings. The highest BCUT2D eigenvalue weighted by Gasteiger charge is 2.22. The summed E-state index contributed by atoms with van der Waals surface area (Å²) in [5.41, 5.74) is 11.0. The Hall–Kier alpha value is -2.63. The summed E-state index contributed by atoms with van der Waals surface area (Å²) in [6.45, 7) is 2.46. The molecule has 2 heterocycles. The van der Waals surface area contributed by atoms with Crippen LogP contribution in [0.1, 0.15) is 36.8 Å². The quantitative estimate of drug-likeness (QED) is 0.556. The van der Waals surface area contributed by atoms with E-state index in [2.05, 4.69) is 38.9 Å². The zero-order valence-electron chi connectivity index (χ0n) is 18.1. The highest BCUT2D eigenvalue weighted by molar-refractivity contribution is 6.37. The van der Waals surface area contributed by atoms with Crippen molar-refractivity contribution in [3.8, 4) is 0 Å². The molecule has 1 aliphatic heterocycles. The standard InChI is InChI=1S/C26H28ClFN4/c27-24-16-31(14-18-4-7-22(29)8-5-18)11-10-23(24)20-6-9-25-26(13-20)32(17-30-25)15-19-2-1-3-21(28)12-19/h1-3,6,9-10,12-13,16-18,22H,4-5,7-8,11,14-15,29H2. The van der Waals surface area contributed by atoms with Gasteiger partial charge in [-0.2, -0.15) is 0 Å². The second-order valence-electron chi connectivity index (χ2n) is 9.04. The van der Waals surface area contributed by atoms with Crippen LogP contribution in [-0.2, 0) is 6.54 Å². The van der Waals surface area contributed by atoms with Crippen molar-refractivity contribution in [2.24, 2.45) is 11.7 Å². The van der Waals surface area contributed by atoms with Gasteiger partial charge in [0.15, 0.2) is 0 Å². The summed E-state index contributed by atoms with van der Waals surface area (Å²) < 4.78 is 15.6. The lowest BCUT2D eigenvalue weighted by Gasteiger charge is -2.32. The highest BCUT2D eigenvalue weighted by atomic mass is 35.5. The third-order valence-corrected chi connectivity index (χ3v) is 6.94. The molecule has 0 bridgehead atoms. The maximum atomic E-state index is 13.6. The van der Waals surface area contributed by atoms with E-state index in [1.54, 1.807) is 12.1 Å². The summed E-state index contributed by atoms with van der Waals surface area (Å²) in [7, 11) is 0. The Morgan fingerprint density at radius 1 is 1.09 bits per heavy atom. The van der Waals surface area contributed by atoms with Gasteiger partial charge in [-0.05, 0) is 72.6 Å².